The largest absolute Gasteiger partial charge is 0.384 e. The van der Waals surface area contributed by atoms with Gasteiger partial charge in [0.2, 0.25) is 0 Å². The van der Waals surface area contributed by atoms with Crippen LogP contribution in [-0.2, 0) is 21.1 Å². The summed E-state index contributed by atoms with van der Waals surface area (Å²) in [5.41, 5.74) is 1.42. The monoisotopic (exact) mass is 438 g/mol. The van der Waals surface area contributed by atoms with E-state index in [0.717, 1.165) is 5.56 Å². The lowest BCUT2D eigenvalue weighted by molar-refractivity contribution is 0.0732. The molecule has 0 bridgehead atoms. The first-order chi connectivity index (χ1) is 13.7. The van der Waals surface area contributed by atoms with E-state index < -0.39 is 9.84 Å². The Bertz CT molecular complexity index is 897. The van der Waals surface area contributed by atoms with Gasteiger partial charge in [-0.3, -0.25) is 4.79 Å². The minimum Gasteiger partial charge on any atom is -0.384 e. The summed E-state index contributed by atoms with van der Waals surface area (Å²) in [6.07, 6.45) is 0. The SMILES string of the molecule is COCCS(=O)(=O)c1ccc(C(=O)N(CCN(C)C)Cc2ccc(Cl)cc2)cc1. The molecule has 0 N–H and O–H groups in total. The predicted octanol–water partition coefficient (Wildman–Crippen LogP) is 2.96. The van der Waals surface area contributed by atoms with Gasteiger partial charge in [-0.15, -0.1) is 0 Å². The third-order valence-corrected chi connectivity index (χ3v) is 6.35. The zero-order chi connectivity index (χ0) is 21.4. The minimum absolute atomic E-state index is 0.0949. The van der Waals surface area contributed by atoms with Gasteiger partial charge in [-0.2, -0.15) is 0 Å². The molecule has 158 valence electrons. The summed E-state index contributed by atoms with van der Waals surface area (Å²) >= 11 is 5.95. The van der Waals surface area contributed by atoms with E-state index >= 15 is 0 Å². The van der Waals surface area contributed by atoms with Gasteiger partial charge >= 0.3 is 0 Å². The van der Waals surface area contributed by atoms with E-state index in [9.17, 15) is 13.2 Å². The van der Waals surface area contributed by atoms with Gasteiger partial charge in [0.25, 0.3) is 5.91 Å². The highest BCUT2D eigenvalue weighted by Gasteiger charge is 2.19. The van der Waals surface area contributed by atoms with Crippen molar-refractivity contribution in [3.63, 3.8) is 0 Å². The second kappa shape index (κ2) is 10.7. The fourth-order valence-corrected chi connectivity index (χ4v) is 3.98. The molecule has 0 aliphatic rings. The summed E-state index contributed by atoms with van der Waals surface area (Å²) < 4.78 is 29.4. The van der Waals surface area contributed by atoms with Gasteiger partial charge in [0, 0.05) is 37.3 Å². The Hall–Kier alpha value is -1.93. The summed E-state index contributed by atoms with van der Waals surface area (Å²) in [4.78, 5) is 17.0. The van der Waals surface area contributed by atoms with Crippen molar-refractivity contribution in [3.05, 3.63) is 64.7 Å². The van der Waals surface area contributed by atoms with Crippen LogP contribution in [0.2, 0.25) is 5.02 Å². The Balaban J connectivity index is 2.19. The number of methoxy groups -OCH3 is 1. The van der Waals surface area contributed by atoms with Crippen LogP contribution >= 0.6 is 11.6 Å². The molecule has 0 aliphatic heterocycles. The van der Waals surface area contributed by atoms with Crippen molar-refractivity contribution in [2.24, 2.45) is 0 Å². The summed E-state index contributed by atoms with van der Waals surface area (Å²) in [6, 6.07) is 13.5. The lowest BCUT2D eigenvalue weighted by Gasteiger charge is -2.25. The average molecular weight is 439 g/mol. The van der Waals surface area contributed by atoms with Gasteiger partial charge < -0.3 is 14.5 Å². The van der Waals surface area contributed by atoms with Crippen molar-refractivity contribution >= 4 is 27.3 Å². The molecule has 6 nitrogen and oxygen atoms in total. The molecule has 0 unspecified atom stereocenters. The molecular formula is C21H27ClN2O4S. The number of nitrogens with zero attached hydrogens (tertiary/aromatic N) is 2. The molecule has 0 atom stereocenters. The normalized spacial score (nSPS) is 11.6. The third kappa shape index (κ3) is 7.12. The Morgan fingerprint density at radius 2 is 1.62 bits per heavy atom. The first-order valence-corrected chi connectivity index (χ1v) is 11.3. The maximum atomic E-state index is 13.1. The minimum atomic E-state index is -3.43. The van der Waals surface area contributed by atoms with Gasteiger partial charge in [0.15, 0.2) is 9.84 Å². The number of benzene rings is 2. The van der Waals surface area contributed by atoms with Crippen LogP contribution in [0.4, 0.5) is 0 Å². The van der Waals surface area contributed by atoms with E-state index in [2.05, 4.69) is 0 Å². The Kier molecular flexibility index (Phi) is 8.64. The van der Waals surface area contributed by atoms with Crippen molar-refractivity contribution < 1.29 is 17.9 Å². The van der Waals surface area contributed by atoms with Crippen LogP contribution in [0.15, 0.2) is 53.4 Å². The van der Waals surface area contributed by atoms with E-state index in [1.165, 1.54) is 19.2 Å². The van der Waals surface area contributed by atoms with Gasteiger partial charge in [-0.25, -0.2) is 8.42 Å². The summed E-state index contributed by atoms with van der Waals surface area (Å²) in [6.45, 7) is 1.82. The standard InChI is InChI=1S/C21H27ClN2O4S/c1-23(2)12-13-24(16-17-4-8-19(22)9-5-17)21(25)18-6-10-20(11-7-18)29(26,27)15-14-28-3/h4-11H,12-16H2,1-3H3. The van der Waals surface area contributed by atoms with E-state index in [0.29, 0.717) is 30.2 Å². The fraction of sp³-hybridized carbons (Fsp3) is 0.381. The fourth-order valence-electron chi connectivity index (χ4n) is 2.68. The third-order valence-electron chi connectivity index (χ3n) is 4.41. The van der Waals surface area contributed by atoms with Gasteiger partial charge in [-0.05, 0) is 56.1 Å². The number of amides is 1. The maximum absolute atomic E-state index is 13.1. The lowest BCUT2D eigenvalue weighted by Crippen LogP contribution is -2.36. The zero-order valence-electron chi connectivity index (χ0n) is 17.0. The van der Waals surface area contributed by atoms with Crippen LogP contribution in [0, 0.1) is 0 Å². The Morgan fingerprint density at radius 1 is 1.00 bits per heavy atom. The molecule has 0 aliphatic carbocycles. The highest BCUT2D eigenvalue weighted by atomic mass is 35.5. The molecule has 0 spiro atoms. The predicted molar refractivity (Wildman–Crippen MR) is 115 cm³/mol. The number of carbonyl (C=O) groups is 1. The molecule has 0 saturated heterocycles. The van der Waals surface area contributed by atoms with E-state index in [-0.39, 0.29) is 23.2 Å². The highest BCUT2D eigenvalue weighted by Crippen LogP contribution is 2.16. The average Bonchev–Trinajstić information content (AvgIpc) is 2.70. The number of sulfone groups is 1. The number of likely N-dealkylation sites (N-methyl/N-ethyl adjacent to an activating group) is 1. The maximum Gasteiger partial charge on any atom is 0.254 e. The molecule has 8 heteroatoms. The topological polar surface area (TPSA) is 66.9 Å². The molecule has 2 aromatic rings. The Morgan fingerprint density at radius 3 is 2.17 bits per heavy atom. The first kappa shape index (κ1) is 23.3. The van der Waals surface area contributed by atoms with Crippen LogP contribution in [-0.4, -0.2) is 70.8 Å². The molecular weight excluding hydrogens is 412 g/mol. The van der Waals surface area contributed by atoms with Crippen LogP contribution in [0.25, 0.3) is 0 Å². The van der Waals surface area contributed by atoms with Crippen molar-refractivity contribution in [2.75, 3.05) is 46.7 Å². The molecule has 0 radical (unpaired) electrons. The highest BCUT2D eigenvalue weighted by molar-refractivity contribution is 7.91. The van der Waals surface area contributed by atoms with E-state index in [1.54, 1.807) is 29.2 Å². The second-order valence-corrected chi connectivity index (χ2v) is 9.54. The number of carbonyl (C=O) groups excluding carboxylic acids is 1. The number of ether oxygens (including phenoxy) is 1. The number of halogens is 1. The molecule has 2 aromatic carbocycles. The smallest absolute Gasteiger partial charge is 0.254 e. The Labute approximate surface area is 177 Å². The van der Waals surface area contributed by atoms with Crippen molar-refractivity contribution in [1.29, 1.82) is 0 Å². The molecule has 2 rings (SSSR count). The molecule has 0 heterocycles. The van der Waals surface area contributed by atoms with Crippen molar-refractivity contribution in [1.82, 2.24) is 9.80 Å². The van der Waals surface area contributed by atoms with Crippen molar-refractivity contribution in [3.8, 4) is 0 Å². The molecule has 1 amide bonds. The van der Waals surface area contributed by atoms with Crippen LogP contribution < -0.4 is 0 Å². The number of hydrogen-bond acceptors (Lipinski definition) is 5. The summed E-state index contributed by atoms with van der Waals surface area (Å²) in [5.74, 6) is -0.245. The van der Waals surface area contributed by atoms with E-state index in [1.807, 2.05) is 31.1 Å². The summed E-state index contributed by atoms with van der Waals surface area (Å²) in [5, 5.41) is 0.644. The van der Waals surface area contributed by atoms with Crippen molar-refractivity contribution in [2.45, 2.75) is 11.4 Å². The van der Waals surface area contributed by atoms with Gasteiger partial charge in [0.1, 0.15) is 0 Å². The van der Waals surface area contributed by atoms with Crippen LogP contribution in [0.5, 0.6) is 0 Å². The van der Waals surface area contributed by atoms with Crippen LogP contribution in [0.1, 0.15) is 15.9 Å². The molecule has 0 saturated carbocycles. The first-order valence-electron chi connectivity index (χ1n) is 9.23. The van der Waals surface area contributed by atoms with Gasteiger partial charge in [0.05, 0.1) is 17.3 Å². The molecule has 29 heavy (non-hydrogen) atoms. The molecule has 0 fully saturated rings. The second-order valence-electron chi connectivity index (χ2n) is 6.99. The van der Waals surface area contributed by atoms with Crippen LogP contribution in [0.3, 0.4) is 0 Å². The number of hydrogen-bond donors (Lipinski definition) is 0. The van der Waals surface area contributed by atoms with E-state index in [4.69, 9.17) is 16.3 Å². The quantitative estimate of drug-likeness (QED) is 0.570. The van der Waals surface area contributed by atoms with Gasteiger partial charge in [-0.1, -0.05) is 23.7 Å². The lowest BCUT2D eigenvalue weighted by atomic mass is 10.1. The summed E-state index contributed by atoms with van der Waals surface area (Å²) in [7, 11) is 1.93. The molecule has 0 aromatic heterocycles. The number of rotatable bonds is 10. The zero-order valence-corrected chi connectivity index (χ0v) is 18.5.